The lowest BCUT2D eigenvalue weighted by molar-refractivity contribution is -0.130. The highest BCUT2D eigenvalue weighted by Crippen LogP contribution is 2.36. The number of benzene rings is 2. The summed E-state index contributed by atoms with van der Waals surface area (Å²) in [5.41, 5.74) is 4.54. The van der Waals surface area contributed by atoms with E-state index in [0.29, 0.717) is 5.57 Å². The smallest absolute Gasteiger partial charge is 0.336 e. The molecule has 2 aromatic carbocycles. The predicted octanol–water partition coefficient (Wildman–Crippen LogP) is 4.02. The summed E-state index contributed by atoms with van der Waals surface area (Å²) >= 11 is 0. The van der Waals surface area contributed by atoms with Crippen LogP contribution in [0, 0.1) is 0 Å². The van der Waals surface area contributed by atoms with Gasteiger partial charge in [-0.05, 0) is 41.5 Å². The fourth-order valence-corrected chi connectivity index (χ4v) is 2.91. The molecule has 20 heavy (non-hydrogen) atoms. The quantitative estimate of drug-likeness (QED) is 0.832. The second kappa shape index (κ2) is 5.33. The first-order valence-corrected chi connectivity index (χ1v) is 6.87. The van der Waals surface area contributed by atoms with Crippen LogP contribution in [-0.2, 0) is 11.2 Å². The highest BCUT2D eigenvalue weighted by atomic mass is 16.4. The number of carboxylic acid groups (broad SMARTS) is 1. The SMILES string of the molecule is O=C(O)/C(=C1/CCCc2ccccc21)c1ccccc1. The molecular formula is C18H16O2. The molecule has 2 heteroatoms. The highest BCUT2D eigenvalue weighted by Gasteiger charge is 2.22. The molecule has 1 aliphatic rings. The van der Waals surface area contributed by atoms with Crippen molar-refractivity contribution in [3.63, 3.8) is 0 Å². The third-order valence-corrected chi connectivity index (χ3v) is 3.79. The Bertz CT molecular complexity index is 669. The molecule has 0 unspecified atom stereocenters. The molecule has 0 atom stereocenters. The number of fused-ring (bicyclic) bond motifs is 1. The summed E-state index contributed by atoms with van der Waals surface area (Å²) in [4.78, 5) is 11.8. The van der Waals surface area contributed by atoms with Gasteiger partial charge in [0.05, 0.1) is 5.57 Å². The van der Waals surface area contributed by atoms with Crippen molar-refractivity contribution < 1.29 is 9.90 Å². The van der Waals surface area contributed by atoms with Gasteiger partial charge in [0.2, 0.25) is 0 Å². The zero-order valence-corrected chi connectivity index (χ0v) is 11.2. The minimum atomic E-state index is -0.845. The van der Waals surface area contributed by atoms with Crippen LogP contribution >= 0.6 is 0 Å². The number of hydrogen-bond acceptors (Lipinski definition) is 1. The molecule has 3 rings (SSSR count). The molecule has 0 radical (unpaired) electrons. The number of aryl methyl sites for hydroxylation is 1. The number of aliphatic carboxylic acids is 1. The lowest BCUT2D eigenvalue weighted by atomic mass is 9.83. The zero-order chi connectivity index (χ0) is 13.9. The molecule has 2 aromatic rings. The van der Waals surface area contributed by atoms with Crippen LogP contribution in [0.1, 0.15) is 29.5 Å². The molecule has 0 bridgehead atoms. The Balaban J connectivity index is 2.23. The van der Waals surface area contributed by atoms with Crippen LogP contribution in [0.5, 0.6) is 0 Å². The monoisotopic (exact) mass is 264 g/mol. The van der Waals surface area contributed by atoms with Crippen LogP contribution in [-0.4, -0.2) is 11.1 Å². The Morgan fingerprint density at radius 1 is 0.900 bits per heavy atom. The van der Waals surface area contributed by atoms with Gasteiger partial charge in [0, 0.05) is 0 Å². The van der Waals surface area contributed by atoms with Crippen LogP contribution in [0.25, 0.3) is 11.1 Å². The Morgan fingerprint density at radius 2 is 1.60 bits per heavy atom. The molecule has 100 valence electrons. The maximum atomic E-state index is 11.8. The van der Waals surface area contributed by atoms with Crippen molar-refractivity contribution >= 4 is 17.1 Å². The Morgan fingerprint density at radius 3 is 2.35 bits per heavy atom. The van der Waals surface area contributed by atoms with Crippen LogP contribution in [0.15, 0.2) is 54.6 Å². The van der Waals surface area contributed by atoms with E-state index in [2.05, 4.69) is 6.07 Å². The Kier molecular flexibility index (Phi) is 3.38. The molecule has 2 nitrogen and oxygen atoms in total. The standard InChI is InChI=1S/C18H16O2/c19-18(20)17(14-8-2-1-3-9-14)16-12-6-10-13-7-4-5-11-15(13)16/h1-5,7-9,11H,6,10,12H2,(H,19,20)/b17-16-. The number of rotatable bonds is 2. The van der Waals surface area contributed by atoms with Crippen molar-refractivity contribution in [3.05, 3.63) is 71.3 Å². The first-order valence-electron chi connectivity index (χ1n) is 6.87. The topological polar surface area (TPSA) is 37.3 Å². The second-order valence-corrected chi connectivity index (χ2v) is 5.04. The van der Waals surface area contributed by atoms with Gasteiger partial charge in [-0.25, -0.2) is 4.79 Å². The normalized spacial score (nSPS) is 16.4. The molecule has 0 fully saturated rings. The molecule has 1 N–H and O–H groups in total. The van der Waals surface area contributed by atoms with Gasteiger partial charge in [-0.15, -0.1) is 0 Å². The van der Waals surface area contributed by atoms with E-state index in [-0.39, 0.29) is 0 Å². The van der Waals surface area contributed by atoms with Crippen LogP contribution in [0.3, 0.4) is 0 Å². The average molecular weight is 264 g/mol. The lowest BCUT2D eigenvalue weighted by Crippen LogP contribution is -2.08. The van der Waals surface area contributed by atoms with Crippen LogP contribution in [0.4, 0.5) is 0 Å². The van der Waals surface area contributed by atoms with Gasteiger partial charge in [0.1, 0.15) is 0 Å². The maximum absolute atomic E-state index is 11.8. The molecular weight excluding hydrogens is 248 g/mol. The van der Waals surface area contributed by atoms with Gasteiger partial charge in [-0.3, -0.25) is 0 Å². The second-order valence-electron chi connectivity index (χ2n) is 5.04. The minimum Gasteiger partial charge on any atom is -0.478 e. The van der Waals surface area contributed by atoms with Crippen molar-refractivity contribution in [2.75, 3.05) is 0 Å². The number of carbonyl (C=O) groups is 1. The van der Waals surface area contributed by atoms with E-state index < -0.39 is 5.97 Å². The molecule has 0 saturated heterocycles. The summed E-state index contributed by atoms with van der Waals surface area (Å²) in [6.07, 6.45) is 2.87. The van der Waals surface area contributed by atoms with Gasteiger partial charge in [0.15, 0.2) is 0 Å². The summed E-state index contributed by atoms with van der Waals surface area (Å²) in [5, 5.41) is 9.65. The van der Waals surface area contributed by atoms with Gasteiger partial charge >= 0.3 is 5.97 Å². The molecule has 0 amide bonds. The van der Waals surface area contributed by atoms with Gasteiger partial charge < -0.3 is 5.11 Å². The largest absolute Gasteiger partial charge is 0.478 e. The summed E-state index contributed by atoms with van der Waals surface area (Å²) in [5.74, 6) is -0.845. The maximum Gasteiger partial charge on any atom is 0.336 e. The minimum absolute atomic E-state index is 0.442. The third kappa shape index (κ3) is 2.25. The van der Waals surface area contributed by atoms with Crippen molar-refractivity contribution in [2.24, 2.45) is 0 Å². The zero-order valence-electron chi connectivity index (χ0n) is 11.2. The highest BCUT2D eigenvalue weighted by molar-refractivity contribution is 6.24. The van der Waals surface area contributed by atoms with Crippen LogP contribution < -0.4 is 0 Å². The fraction of sp³-hybridized carbons (Fsp3) is 0.167. The number of allylic oxidation sites excluding steroid dienone is 1. The third-order valence-electron chi connectivity index (χ3n) is 3.79. The van der Waals surface area contributed by atoms with E-state index in [1.54, 1.807) is 0 Å². The van der Waals surface area contributed by atoms with E-state index >= 15 is 0 Å². The Hall–Kier alpha value is -2.35. The fourth-order valence-electron chi connectivity index (χ4n) is 2.91. The van der Waals surface area contributed by atoms with Gasteiger partial charge in [0.25, 0.3) is 0 Å². The average Bonchev–Trinajstić information content (AvgIpc) is 2.48. The van der Waals surface area contributed by atoms with Gasteiger partial charge in [-0.1, -0.05) is 54.6 Å². The van der Waals surface area contributed by atoms with Crippen LogP contribution in [0.2, 0.25) is 0 Å². The van der Waals surface area contributed by atoms with E-state index in [1.807, 2.05) is 48.5 Å². The first-order chi connectivity index (χ1) is 9.77. The number of hydrogen-bond donors (Lipinski definition) is 1. The molecule has 0 spiro atoms. The molecule has 0 saturated carbocycles. The first kappa shape index (κ1) is 12.7. The van der Waals surface area contributed by atoms with E-state index in [0.717, 1.165) is 36.0 Å². The lowest BCUT2D eigenvalue weighted by Gasteiger charge is -2.21. The van der Waals surface area contributed by atoms with E-state index in [9.17, 15) is 9.90 Å². The number of carboxylic acids is 1. The van der Waals surface area contributed by atoms with Crippen molar-refractivity contribution in [1.29, 1.82) is 0 Å². The predicted molar refractivity (Wildman–Crippen MR) is 80.3 cm³/mol. The van der Waals surface area contributed by atoms with Gasteiger partial charge in [-0.2, -0.15) is 0 Å². The van der Waals surface area contributed by atoms with Crippen molar-refractivity contribution in [3.8, 4) is 0 Å². The molecule has 0 aromatic heterocycles. The summed E-state index contributed by atoms with van der Waals surface area (Å²) in [7, 11) is 0. The summed E-state index contributed by atoms with van der Waals surface area (Å²) < 4.78 is 0. The van der Waals surface area contributed by atoms with E-state index in [4.69, 9.17) is 0 Å². The van der Waals surface area contributed by atoms with E-state index in [1.165, 1.54) is 5.56 Å². The molecule has 1 aliphatic carbocycles. The molecule has 0 heterocycles. The summed E-state index contributed by atoms with van der Waals surface area (Å²) in [6.45, 7) is 0. The molecule has 0 aliphatic heterocycles. The Labute approximate surface area is 118 Å². The van der Waals surface area contributed by atoms with Crippen molar-refractivity contribution in [2.45, 2.75) is 19.3 Å². The van der Waals surface area contributed by atoms with Crippen molar-refractivity contribution in [1.82, 2.24) is 0 Å². The summed E-state index contributed by atoms with van der Waals surface area (Å²) in [6, 6.07) is 17.5.